The second-order valence-electron chi connectivity index (χ2n) is 5.29. The van der Waals surface area contributed by atoms with E-state index in [-0.39, 0.29) is 5.56 Å². The van der Waals surface area contributed by atoms with Gasteiger partial charge in [-0.1, -0.05) is 0 Å². The van der Waals surface area contributed by atoms with Crippen LogP contribution in [0.2, 0.25) is 0 Å². The monoisotopic (exact) mass is 280 g/mol. The van der Waals surface area contributed by atoms with Gasteiger partial charge in [-0.3, -0.25) is 10.1 Å². The van der Waals surface area contributed by atoms with E-state index < -0.39 is 22.2 Å². The van der Waals surface area contributed by atoms with E-state index in [1.165, 1.54) is 18.2 Å². The van der Waals surface area contributed by atoms with Crippen LogP contribution in [0.4, 0.5) is 11.4 Å². The molecule has 1 aliphatic heterocycles. The van der Waals surface area contributed by atoms with Crippen molar-refractivity contribution in [3.05, 3.63) is 33.9 Å². The van der Waals surface area contributed by atoms with Gasteiger partial charge in [0.1, 0.15) is 5.56 Å². The topological polar surface area (TPSA) is 104 Å². The number of hydrogen-bond acceptors (Lipinski definition) is 5. The van der Waals surface area contributed by atoms with Crippen molar-refractivity contribution in [1.82, 2.24) is 0 Å². The zero-order chi connectivity index (χ0) is 14.9. The Bertz CT molecular complexity index is 556. The number of hydrogen-bond donors (Lipinski definition) is 2. The summed E-state index contributed by atoms with van der Waals surface area (Å²) in [7, 11) is 0. The normalized spacial score (nSPS) is 22.6. The quantitative estimate of drug-likeness (QED) is 0.644. The number of carboxylic acid groups (broad SMARTS) is 1. The summed E-state index contributed by atoms with van der Waals surface area (Å²) in [5, 5.41) is 29.9. The molecule has 1 aromatic rings. The molecule has 1 fully saturated rings. The number of rotatable bonds is 3. The van der Waals surface area contributed by atoms with Gasteiger partial charge >= 0.3 is 5.97 Å². The summed E-state index contributed by atoms with van der Waals surface area (Å²) in [5.41, 5.74) is -1.01. The van der Waals surface area contributed by atoms with Gasteiger partial charge in [0.2, 0.25) is 0 Å². The summed E-state index contributed by atoms with van der Waals surface area (Å²) in [5.74, 6) is -1.33. The van der Waals surface area contributed by atoms with Crippen molar-refractivity contribution < 1.29 is 19.9 Å². The average Bonchev–Trinajstić information content (AvgIpc) is 2.36. The molecule has 0 aromatic heterocycles. The Labute approximate surface area is 115 Å². The van der Waals surface area contributed by atoms with Crippen molar-refractivity contribution in [3.63, 3.8) is 0 Å². The van der Waals surface area contributed by atoms with E-state index in [1.54, 1.807) is 6.92 Å². The van der Waals surface area contributed by atoms with Crippen LogP contribution in [-0.4, -0.2) is 39.8 Å². The molecule has 0 amide bonds. The molecule has 20 heavy (non-hydrogen) atoms. The van der Waals surface area contributed by atoms with Gasteiger partial charge in [0.05, 0.1) is 10.5 Å². The zero-order valence-electron chi connectivity index (χ0n) is 11.1. The highest BCUT2D eigenvalue weighted by atomic mass is 16.6. The molecule has 2 rings (SSSR count). The molecule has 1 heterocycles. The summed E-state index contributed by atoms with van der Waals surface area (Å²) in [6, 6.07) is 4.01. The van der Waals surface area contributed by atoms with Gasteiger partial charge in [0, 0.05) is 24.8 Å². The molecule has 1 aliphatic rings. The van der Waals surface area contributed by atoms with Crippen LogP contribution in [0.1, 0.15) is 30.1 Å². The predicted octanol–water partition coefficient (Wildman–Crippen LogP) is 1.64. The van der Waals surface area contributed by atoms with Crippen molar-refractivity contribution >= 4 is 17.3 Å². The number of carboxylic acids is 1. The molecular weight excluding hydrogens is 264 g/mol. The largest absolute Gasteiger partial charge is 0.477 e. The third kappa shape index (κ3) is 2.88. The standard InChI is InChI=1S/C13H16N2O5/c1-13(18)5-2-6-14(8-13)9-3-4-11(15(19)20)10(7-9)12(16)17/h3-4,7,18H,2,5-6,8H2,1H3,(H,16,17). The molecule has 0 radical (unpaired) electrons. The Morgan fingerprint density at radius 3 is 2.75 bits per heavy atom. The first-order valence-electron chi connectivity index (χ1n) is 6.29. The highest BCUT2D eigenvalue weighted by Gasteiger charge is 2.29. The number of aromatic carboxylic acids is 1. The minimum atomic E-state index is -1.33. The Balaban J connectivity index is 2.36. The Morgan fingerprint density at radius 1 is 1.50 bits per heavy atom. The van der Waals surface area contributed by atoms with Gasteiger partial charge in [-0.25, -0.2) is 4.79 Å². The van der Waals surface area contributed by atoms with E-state index >= 15 is 0 Å². The maximum absolute atomic E-state index is 11.1. The number of nitrogens with zero attached hydrogens (tertiary/aromatic N) is 2. The van der Waals surface area contributed by atoms with Crippen LogP contribution >= 0.6 is 0 Å². The lowest BCUT2D eigenvalue weighted by molar-refractivity contribution is -0.385. The lowest BCUT2D eigenvalue weighted by atomic mass is 9.94. The van der Waals surface area contributed by atoms with Crippen LogP contribution in [0.5, 0.6) is 0 Å². The van der Waals surface area contributed by atoms with Gasteiger partial charge in [-0.2, -0.15) is 0 Å². The number of piperidine rings is 1. The second kappa shape index (κ2) is 5.09. The van der Waals surface area contributed by atoms with Crippen LogP contribution in [0.15, 0.2) is 18.2 Å². The van der Waals surface area contributed by atoms with Crippen LogP contribution in [0, 0.1) is 10.1 Å². The SMILES string of the molecule is CC1(O)CCCN(c2ccc([N+](=O)[O-])c(C(=O)O)c2)C1. The highest BCUT2D eigenvalue weighted by Crippen LogP contribution is 2.29. The first-order chi connectivity index (χ1) is 9.30. The molecule has 1 unspecified atom stereocenters. The van der Waals surface area contributed by atoms with Crippen molar-refractivity contribution in [1.29, 1.82) is 0 Å². The van der Waals surface area contributed by atoms with Crippen molar-refractivity contribution in [2.75, 3.05) is 18.0 Å². The third-order valence-electron chi connectivity index (χ3n) is 3.45. The van der Waals surface area contributed by atoms with E-state index in [4.69, 9.17) is 5.11 Å². The smallest absolute Gasteiger partial charge is 0.342 e. The van der Waals surface area contributed by atoms with Crippen molar-refractivity contribution in [2.24, 2.45) is 0 Å². The Hall–Kier alpha value is -2.15. The van der Waals surface area contributed by atoms with E-state index in [9.17, 15) is 20.0 Å². The number of nitro groups is 1. The highest BCUT2D eigenvalue weighted by molar-refractivity contribution is 5.93. The average molecular weight is 280 g/mol. The molecule has 1 aromatic carbocycles. The van der Waals surface area contributed by atoms with E-state index in [2.05, 4.69) is 0 Å². The number of anilines is 1. The first kappa shape index (κ1) is 14.3. The van der Waals surface area contributed by atoms with E-state index in [0.717, 1.165) is 6.42 Å². The maximum Gasteiger partial charge on any atom is 0.342 e. The molecule has 108 valence electrons. The maximum atomic E-state index is 11.1. The molecule has 7 nitrogen and oxygen atoms in total. The van der Waals surface area contributed by atoms with E-state index in [1.807, 2.05) is 4.90 Å². The van der Waals surface area contributed by atoms with Gasteiger partial charge in [-0.05, 0) is 31.9 Å². The molecule has 1 saturated heterocycles. The molecule has 0 bridgehead atoms. The summed E-state index contributed by atoms with van der Waals surface area (Å²) < 4.78 is 0. The van der Waals surface area contributed by atoms with Gasteiger partial charge in [0.15, 0.2) is 0 Å². The first-order valence-corrected chi connectivity index (χ1v) is 6.29. The van der Waals surface area contributed by atoms with Crippen molar-refractivity contribution in [2.45, 2.75) is 25.4 Å². The molecule has 7 heteroatoms. The Kier molecular flexibility index (Phi) is 3.63. The van der Waals surface area contributed by atoms with Crippen LogP contribution in [0.3, 0.4) is 0 Å². The van der Waals surface area contributed by atoms with E-state index in [0.29, 0.717) is 25.2 Å². The summed E-state index contributed by atoms with van der Waals surface area (Å²) in [6.45, 7) is 2.79. The summed E-state index contributed by atoms with van der Waals surface area (Å²) in [4.78, 5) is 23.1. The number of benzene rings is 1. The Morgan fingerprint density at radius 2 is 2.20 bits per heavy atom. The fourth-order valence-electron chi connectivity index (χ4n) is 2.49. The third-order valence-corrected chi connectivity index (χ3v) is 3.45. The summed E-state index contributed by atoms with van der Waals surface area (Å²) in [6.07, 6.45) is 1.47. The molecule has 1 atom stereocenters. The van der Waals surface area contributed by atoms with Gasteiger partial charge < -0.3 is 15.1 Å². The van der Waals surface area contributed by atoms with Gasteiger partial charge in [0.25, 0.3) is 5.69 Å². The number of β-amino-alcohol motifs (C(OH)–C–C–N with tert-alkyl or cyclic N) is 1. The summed E-state index contributed by atoms with van der Waals surface area (Å²) >= 11 is 0. The molecule has 0 saturated carbocycles. The molecule has 0 spiro atoms. The minimum Gasteiger partial charge on any atom is -0.477 e. The fourth-order valence-corrected chi connectivity index (χ4v) is 2.49. The number of carbonyl (C=O) groups is 1. The minimum absolute atomic E-state index is 0.335. The lowest BCUT2D eigenvalue weighted by Crippen LogP contribution is -2.46. The number of aliphatic hydroxyl groups is 1. The van der Waals surface area contributed by atoms with Crippen LogP contribution in [-0.2, 0) is 0 Å². The van der Waals surface area contributed by atoms with Crippen LogP contribution < -0.4 is 4.90 Å². The molecule has 0 aliphatic carbocycles. The molecular formula is C13H16N2O5. The second-order valence-corrected chi connectivity index (χ2v) is 5.29. The van der Waals surface area contributed by atoms with Crippen LogP contribution in [0.25, 0.3) is 0 Å². The lowest BCUT2D eigenvalue weighted by Gasteiger charge is -2.38. The predicted molar refractivity (Wildman–Crippen MR) is 72.1 cm³/mol. The molecule has 2 N–H and O–H groups in total. The van der Waals surface area contributed by atoms with Crippen molar-refractivity contribution in [3.8, 4) is 0 Å². The fraction of sp³-hybridized carbons (Fsp3) is 0.462. The number of nitro benzene ring substituents is 1. The van der Waals surface area contributed by atoms with Gasteiger partial charge in [-0.15, -0.1) is 0 Å². The zero-order valence-corrected chi connectivity index (χ0v) is 11.1.